The molecule has 1 aliphatic rings. The van der Waals surface area contributed by atoms with Crippen LogP contribution in [0.5, 0.6) is 11.5 Å². The van der Waals surface area contributed by atoms with E-state index in [9.17, 15) is 14.0 Å². The van der Waals surface area contributed by atoms with Crippen molar-refractivity contribution in [2.24, 2.45) is 5.41 Å². The summed E-state index contributed by atoms with van der Waals surface area (Å²) in [6, 6.07) is 25.1. The summed E-state index contributed by atoms with van der Waals surface area (Å²) in [4.78, 5) is 29.4. The molecule has 1 aliphatic heterocycles. The predicted octanol–water partition coefficient (Wildman–Crippen LogP) is 8.71. The van der Waals surface area contributed by atoms with Crippen LogP contribution in [0.4, 0.5) is 10.1 Å². The number of methoxy groups -OCH3 is 1. The molecule has 282 valence electrons. The highest BCUT2D eigenvalue weighted by molar-refractivity contribution is 6.31. The molecule has 11 heteroatoms. The predicted molar refractivity (Wildman–Crippen MR) is 209 cm³/mol. The van der Waals surface area contributed by atoms with Crippen LogP contribution in [-0.2, 0) is 27.3 Å². The Morgan fingerprint density at radius 2 is 1.66 bits per heavy atom. The molecule has 4 aromatic carbocycles. The molecule has 0 saturated heterocycles. The number of fused-ring (bicyclic) bond motifs is 1. The van der Waals surface area contributed by atoms with E-state index in [2.05, 4.69) is 22.8 Å². The zero-order valence-corrected chi connectivity index (χ0v) is 32.2. The second kappa shape index (κ2) is 18.7. The molecule has 1 heterocycles. The van der Waals surface area contributed by atoms with E-state index >= 15 is 0 Å². The van der Waals surface area contributed by atoms with Crippen molar-refractivity contribution in [1.82, 2.24) is 10.6 Å². The minimum absolute atomic E-state index is 0.0243. The van der Waals surface area contributed by atoms with Gasteiger partial charge in [0, 0.05) is 45.5 Å². The van der Waals surface area contributed by atoms with E-state index in [0.29, 0.717) is 52.1 Å². The molecule has 5 rings (SSSR count). The van der Waals surface area contributed by atoms with Gasteiger partial charge < -0.3 is 29.7 Å². The Morgan fingerprint density at radius 3 is 2.40 bits per heavy atom. The fourth-order valence-corrected chi connectivity index (χ4v) is 6.61. The van der Waals surface area contributed by atoms with Crippen LogP contribution >= 0.6 is 23.2 Å². The molecule has 4 aromatic rings. The summed E-state index contributed by atoms with van der Waals surface area (Å²) in [5, 5.41) is 7.44. The van der Waals surface area contributed by atoms with E-state index in [1.165, 1.54) is 11.6 Å². The number of carbonyl (C=O) groups excluding carboxylic acids is 2. The molecule has 0 spiro atoms. The normalized spacial score (nSPS) is 15.8. The fourth-order valence-electron chi connectivity index (χ4n) is 6.30. The van der Waals surface area contributed by atoms with Gasteiger partial charge in [0.05, 0.1) is 20.1 Å². The minimum atomic E-state index is -1.17. The van der Waals surface area contributed by atoms with E-state index in [1.807, 2.05) is 57.2 Å². The molecule has 53 heavy (non-hydrogen) atoms. The van der Waals surface area contributed by atoms with Gasteiger partial charge in [-0.2, -0.15) is 0 Å². The number of anilines is 1. The van der Waals surface area contributed by atoms with Crippen LogP contribution in [0.15, 0.2) is 84.9 Å². The molecule has 0 radical (unpaired) electrons. The van der Waals surface area contributed by atoms with Crippen molar-refractivity contribution < 1.29 is 28.2 Å². The monoisotopic (exact) mass is 763 g/mol. The number of carbonyl (C=O) groups is 2. The third-order valence-corrected chi connectivity index (χ3v) is 9.31. The molecular weight excluding hydrogens is 716 g/mol. The molecule has 0 aliphatic carbocycles. The Balaban J connectivity index is 1.33. The van der Waals surface area contributed by atoms with E-state index in [1.54, 1.807) is 42.3 Å². The number of benzene rings is 4. The lowest BCUT2D eigenvalue weighted by Gasteiger charge is -2.31. The molecule has 2 amide bonds. The summed E-state index contributed by atoms with van der Waals surface area (Å²) in [6.07, 6.45) is 0.456. The van der Waals surface area contributed by atoms with Gasteiger partial charge in [-0.1, -0.05) is 86.4 Å². The lowest BCUT2D eigenvalue weighted by molar-refractivity contribution is -0.138. The maximum absolute atomic E-state index is 14.3. The van der Waals surface area contributed by atoms with Gasteiger partial charge in [0.15, 0.2) is 11.5 Å². The largest absolute Gasteiger partial charge is 0.492 e. The second-order valence-corrected chi connectivity index (χ2v) is 15.2. The van der Waals surface area contributed by atoms with Gasteiger partial charge in [-0.05, 0) is 85.8 Å². The SMILES string of the molecule is COc1c(OCCCNCCCc2ccc(Cl)cc2)cccc1C1OC(CC(=O)NCc2ccccc2F)C(=O)N(CC(C)(C)C)c2ccc(Cl)cc21. The number of amides is 2. The van der Waals surface area contributed by atoms with Gasteiger partial charge in [-0.3, -0.25) is 9.59 Å². The summed E-state index contributed by atoms with van der Waals surface area (Å²) in [7, 11) is 1.56. The van der Waals surface area contributed by atoms with Crippen molar-refractivity contribution in [3.63, 3.8) is 0 Å². The summed E-state index contributed by atoms with van der Waals surface area (Å²) >= 11 is 12.6. The molecule has 0 aromatic heterocycles. The van der Waals surface area contributed by atoms with Gasteiger partial charge in [0.25, 0.3) is 5.91 Å². The molecule has 8 nitrogen and oxygen atoms in total. The first-order valence-electron chi connectivity index (χ1n) is 17.9. The molecule has 2 unspecified atom stereocenters. The van der Waals surface area contributed by atoms with Gasteiger partial charge in [0.1, 0.15) is 18.0 Å². The van der Waals surface area contributed by atoms with Gasteiger partial charge >= 0.3 is 0 Å². The van der Waals surface area contributed by atoms with Crippen molar-refractivity contribution in [2.75, 3.05) is 38.3 Å². The average Bonchev–Trinajstić information content (AvgIpc) is 3.22. The van der Waals surface area contributed by atoms with E-state index in [-0.39, 0.29) is 24.3 Å². The summed E-state index contributed by atoms with van der Waals surface area (Å²) < 4.78 is 33.2. The van der Waals surface area contributed by atoms with Gasteiger partial charge in [0.2, 0.25) is 5.91 Å². The number of para-hydroxylation sites is 1. The summed E-state index contributed by atoms with van der Waals surface area (Å²) in [6.45, 7) is 8.56. The fraction of sp³-hybridized carbons (Fsp3) is 0.381. The smallest absolute Gasteiger partial charge is 0.256 e. The van der Waals surface area contributed by atoms with Gasteiger partial charge in [-0.25, -0.2) is 4.39 Å². The summed E-state index contributed by atoms with van der Waals surface area (Å²) in [5.41, 5.74) is 3.22. The van der Waals surface area contributed by atoms with Crippen molar-refractivity contribution in [3.05, 3.63) is 123 Å². The maximum Gasteiger partial charge on any atom is 0.256 e. The number of hydrogen-bond acceptors (Lipinski definition) is 6. The second-order valence-electron chi connectivity index (χ2n) is 14.3. The Labute approximate surface area is 321 Å². The number of halogens is 3. The van der Waals surface area contributed by atoms with Crippen LogP contribution in [0.25, 0.3) is 0 Å². The highest BCUT2D eigenvalue weighted by Crippen LogP contribution is 2.45. The van der Waals surface area contributed by atoms with Crippen molar-refractivity contribution in [2.45, 2.75) is 65.2 Å². The quantitative estimate of drug-likeness (QED) is 0.111. The van der Waals surface area contributed by atoms with E-state index in [4.69, 9.17) is 37.4 Å². The number of nitrogens with one attached hydrogen (secondary N) is 2. The number of aryl methyl sites for hydroxylation is 1. The molecule has 0 saturated carbocycles. The standard InChI is InChI=1S/C42H48Cl2FN3O5/c1-42(2,3)27-48-35-20-19-31(44)24-33(35)39(53-37(41(48)50)25-38(49)47-26-29-11-5-6-13-34(29)45)32-12-7-14-36(40(32)51-4)52-23-9-22-46-21-8-10-28-15-17-30(43)18-16-28/h5-7,11-20,24,37,39,46H,8-10,21-23,25-27H2,1-4H3,(H,47,49). The topological polar surface area (TPSA) is 89.1 Å². The lowest BCUT2D eigenvalue weighted by atomic mass is 9.94. The van der Waals surface area contributed by atoms with E-state index < -0.39 is 23.9 Å². The molecule has 0 bridgehead atoms. The van der Waals surface area contributed by atoms with Gasteiger partial charge in [-0.15, -0.1) is 0 Å². The number of ether oxygens (including phenoxy) is 3. The van der Waals surface area contributed by atoms with Crippen LogP contribution in [0.1, 0.15) is 68.4 Å². The molecule has 2 atom stereocenters. The van der Waals surface area contributed by atoms with E-state index in [0.717, 1.165) is 37.4 Å². The molecule has 2 N–H and O–H groups in total. The Morgan fingerprint density at radius 1 is 0.925 bits per heavy atom. The molecule has 0 fully saturated rings. The van der Waals surface area contributed by atoms with Crippen LogP contribution in [0.2, 0.25) is 10.0 Å². The lowest BCUT2D eigenvalue weighted by Crippen LogP contribution is -2.45. The summed E-state index contributed by atoms with van der Waals surface area (Å²) in [5.74, 6) is -0.249. The highest BCUT2D eigenvalue weighted by atomic mass is 35.5. The minimum Gasteiger partial charge on any atom is -0.492 e. The average molecular weight is 765 g/mol. The van der Waals surface area contributed by atoms with Crippen LogP contribution in [0, 0.1) is 11.2 Å². The zero-order chi connectivity index (χ0) is 38.0. The van der Waals surface area contributed by atoms with Crippen molar-refractivity contribution in [3.8, 4) is 11.5 Å². The van der Waals surface area contributed by atoms with Crippen molar-refractivity contribution in [1.29, 1.82) is 0 Å². The first-order chi connectivity index (χ1) is 25.4. The van der Waals surface area contributed by atoms with Crippen molar-refractivity contribution >= 4 is 40.7 Å². The molecular formula is C42H48Cl2FN3O5. The third kappa shape index (κ3) is 11.2. The number of nitrogens with zero attached hydrogens (tertiary/aromatic N) is 1. The van der Waals surface area contributed by atoms with Crippen LogP contribution in [-0.4, -0.2) is 51.3 Å². The Bertz CT molecular complexity index is 1850. The number of rotatable bonds is 16. The number of hydrogen-bond donors (Lipinski definition) is 2. The van der Waals surface area contributed by atoms with Crippen LogP contribution in [0.3, 0.4) is 0 Å². The first kappa shape index (κ1) is 40.0. The first-order valence-corrected chi connectivity index (χ1v) is 18.7. The third-order valence-electron chi connectivity index (χ3n) is 8.83. The Hall–Kier alpha value is -4.15. The maximum atomic E-state index is 14.3. The van der Waals surface area contributed by atoms with Crippen LogP contribution < -0.4 is 25.0 Å². The zero-order valence-electron chi connectivity index (χ0n) is 30.7. The highest BCUT2D eigenvalue weighted by Gasteiger charge is 2.40. The Kier molecular flexibility index (Phi) is 14.2.